The predicted molar refractivity (Wildman–Crippen MR) is 108 cm³/mol. The van der Waals surface area contributed by atoms with Gasteiger partial charge in [-0.1, -0.05) is 34.1 Å². The van der Waals surface area contributed by atoms with Crippen molar-refractivity contribution in [3.05, 3.63) is 28.2 Å². The monoisotopic (exact) mass is 391 g/mol. The van der Waals surface area contributed by atoms with Crippen LogP contribution in [0, 0.1) is 5.41 Å². The highest BCUT2D eigenvalue weighted by atomic mass is 16.5. The fraction of sp³-hybridized carbons (Fsp3) is 0.524. The standard InChI is InChI=1S/C21H29NO6/c1-7-8-9-28-18-13-10-15(26-5)16(27-6)11-14(13)19(23)22(12-21(2,3)4)17(18)20(24)25/h10-11H,7-9,12H2,1-6H3,(H,24,25). The molecule has 2 rings (SSSR count). The van der Waals surface area contributed by atoms with Crippen molar-refractivity contribution in [3.63, 3.8) is 0 Å². The van der Waals surface area contributed by atoms with Gasteiger partial charge in [-0.25, -0.2) is 4.79 Å². The molecular weight excluding hydrogens is 362 g/mol. The Hall–Kier alpha value is -2.70. The van der Waals surface area contributed by atoms with E-state index >= 15 is 0 Å². The molecule has 0 unspecified atom stereocenters. The van der Waals surface area contributed by atoms with Gasteiger partial charge in [0.2, 0.25) is 0 Å². The number of pyridine rings is 1. The van der Waals surface area contributed by atoms with Crippen LogP contribution in [0.2, 0.25) is 0 Å². The topological polar surface area (TPSA) is 87.0 Å². The van der Waals surface area contributed by atoms with Crippen LogP contribution in [0.1, 0.15) is 51.0 Å². The van der Waals surface area contributed by atoms with Crippen LogP contribution in [0.3, 0.4) is 0 Å². The molecule has 28 heavy (non-hydrogen) atoms. The number of nitrogens with zero attached hydrogens (tertiary/aromatic N) is 1. The molecule has 7 nitrogen and oxygen atoms in total. The van der Waals surface area contributed by atoms with Crippen LogP contribution in [0.15, 0.2) is 16.9 Å². The fourth-order valence-corrected chi connectivity index (χ4v) is 3.04. The quantitative estimate of drug-likeness (QED) is 0.686. The highest BCUT2D eigenvalue weighted by Crippen LogP contribution is 2.37. The number of hydrogen-bond donors (Lipinski definition) is 1. The second-order valence-electron chi connectivity index (χ2n) is 7.89. The molecule has 0 amide bonds. The van der Waals surface area contributed by atoms with Crippen LogP contribution < -0.4 is 19.8 Å². The molecule has 0 aliphatic rings. The van der Waals surface area contributed by atoms with Crippen molar-refractivity contribution < 1.29 is 24.1 Å². The van der Waals surface area contributed by atoms with Crippen LogP contribution in [0.5, 0.6) is 17.2 Å². The number of carboxylic acid groups (broad SMARTS) is 1. The first kappa shape index (κ1) is 21.6. The van der Waals surface area contributed by atoms with Crippen molar-refractivity contribution in [2.24, 2.45) is 5.41 Å². The zero-order valence-electron chi connectivity index (χ0n) is 17.4. The third-order valence-electron chi connectivity index (χ3n) is 4.31. The largest absolute Gasteiger partial charge is 0.493 e. The molecule has 0 spiro atoms. The summed E-state index contributed by atoms with van der Waals surface area (Å²) in [4.78, 5) is 25.4. The molecule has 1 heterocycles. The van der Waals surface area contributed by atoms with Crippen molar-refractivity contribution >= 4 is 16.7 Å². The molecule has 0 aliphatic carbocycles. The highest BCUT2D eigenvalue weighted by molar-refractivity contribution is 6.00. The minimum absolute atomic E-state index is 0.143. The molecule has 0 saturated heterocycles. The lowest BCUT2D eigenvalue weighted by Gasteiger charge is -2.24. The predicted octanol–water partition coefficient (Wildman–Crippen LogP) is 3.94. The Labute approximate surface area is 164 Å². The maximum Gasteiger partial charge on any atom is 0.356 e. The maximum absolute atomic E-state index is 13.2. The van der Waals surface area contributed by atoms with Gasteiger partial charge in [-0.3, -0.25) is 9.36 Å². The molecule has 1 aromatic carbocycles. The van der Waals surface area contributed by atoms with Gasteiger partial charge in [-0.15, -0.1) is 0 Å². The van der Waals surface area contributed by atoms with Gasteiger partial charge in [0.1, 0.15) is 0 Å². The second-order valence-corrected chi connectivity index (χ2v) is 7.89. The smallest absolute Gasteiger partial charge is 0.356 e. The third-order valence-corrected chi connectivity index (χ3v) is 4.31. The Bertz CT molecular complexity index is 923. The Balaban J connectivity index is 2.93. The lowest BCUT2D eigenvalue weighted by molar-refractivity contribution is 0.0675. The summed E-state index contributed by atoms with van der Waals surface area (Å²) in [6.07, 6.45) is 1.67. The van der Waals surface area contributed by atoms with Crippen LogP contribution in [-0.2, 0) is 6.54 Å². The van der Waals surface area contributed by atoms with E-state index in [9.17, 15) is 14.7 Å². The van der Waals surface area contributed by atoms with E-state index in [1.54, 1.807) is 12.1 Å². The zero-order chi connectivity index (χ0) is 21.1. The minimum atomic E-state index is -1.20. The Morgan fingerprint density at radius 3 is 2.14 bits per heavy atom. The van der Waals surface area contributed by atoms with Crippen molar-refractivity contribution in [2.45, 2.75) is 47.1 Å². The summed E-state index contributed by atoms with van der Waals surface area (Å²) >= 11 is 0. The van der Waals surface area contributed by atoms with E-state index in [0.717, 1.165) is 12.8 Å². The summed E-state index contributed by atoms with van der Waals surface area (Å²) in [6.45, 7) is 8.45. The summed E-state index contributed by atoms with van der Waals surface area (Å²) in [7, 11) is 2.97. The van der Waals surface area contributed by atoms with Gasteiger partial charge in [0.05, 0.1) is 26.2 Å². The average Bonchev–Trinajstić information content (AvgIpc) is 2.62. The van der Waals surface area contributed by atoms with E-state index in [-0.39, 0.29) is 23.4 Å². The Morgan fingerprint density at radius 2 is 1.68 bits per heavy atom. The Kier molecular flexibility index (Phi) is 6.59. The third kappa shape index (κ3) is 4.40. The van der Waals surface area contributed by atoms with E-state index in [4.69, 9.17) is 14.2 Å². The van der Waals surface area contributed by atoms with Gasteiger partial charge in [0.15, 0.2) is 22.9 Å². The molecule has 0 bridgehead atoms. The molecule has 0 atom stereocenters. The number of hydrogen-bond acceptors (Lipinski definition) is 5. The number of carboxylic acids is 1. The van der Waals surface area contributed by atoms with E-state index in [1.165, 1.54) is 18.8 Å². The van der Waals surface area contributed by atoms with Gasteiger partial charge < -0.3 is 19.3 Å². The lowest BCUT2D eigenvalue weighted by atomic mass is 9.96. The molecular formula is C21H29NO6. The van der Waals surface area contributed by atoms with Crippen molar-refractivity contribution in [1.82, 2.24) is 4.57 Å². The van der Waals surface area contributed by atoms with E-state index in [0.29, 0.717) is 28.9 Å². The van der Waals surface area contributed by atoms with Crippen LogP contribution >= 0.6 is 0 Å². The minimum Gasteiger partial charge on any atom is -0.493 e. The first-order chi connectivity index (χ1) is 13.1. The van der Waals surface area contributed by atoms with Crippen molar-refractivity contribution in [2.75, 3.05) is 20.8 Å². The number of carbonyl (C=O) groups is 1. The molecule has 1 N–H and O–H groups in total. The first-order valence-electron chi connectivity index (χ1n) is 9.33. The summed E-state index contributed by atoms with van der Waals surface area (Å²) in [5.41, 5.74) is -0.847. The van der Waals surface area contributed by atoms with Crippen LogP contribution in [0.25, 0.3) is 10.8 Å². The number of aromatic nitrogens is 1. The second kappa shape index (κ2) is 8.54. The number of fused-ring (bicyclic) bond motifs is 1. The molecule has 1 aromatic heterocycles. The van der Waals surface area contributed by atoms with Crippen molar-refractivity contribution in [1.29, 1.82) is 0 Å². The van der Waals surface area contributed by atoms with E-state index in [2.05, 4.69) is 0 Å². The van der Waals surface area contributed by atoms with Crippen molar-refractivity contribution in [3.8, 4) is 17.2 Å². The van der Waals surface area contributed by atoms with Crippen LogP contribution in [-0.4, -0.2) is 36.5 Å². The molecule has 0 saturated carbocycles. The number of ether oxygens (including phenoxy) is 3. The van der Waals surface area contributed by atoms with Gasteiger partial charge in [-0.2, -0.15) is 0 Å². The summed E-state index contributed by atoms with van der Waals surface area (Å²) < 4.78 is 17.9. The van der Waals surface area contributed by atoms with Gasteiger partial charge in [0.25, 0.3) is 5.56 Å². The molecule has 0 aliphatic heterocycles. The van der Waals surface area contributed by atoms with Gasteiger partial charge in [-0.05, 0) is 24.0 Å². The van der Waals surface area contributed by atoms with Gasteiger partial charge >= 0.3 is 5.97 Å². The molecule has 0 fully saturated rings. The highest BCUT2D eigenvalue weighted by Gasteiger charge is 2.27. The van der Waals surface area contributed by atoms with E-state index in [1.807, 2.05) is 27.7 Å². The molecule has 7 heteroatoms. The normalized spacial score (nSPS) is 11.5. The first-order valence-corrected chi connectivity index (χ1v) is 9.33. The molecule has 0 radical (unpaired) electrons. The maximum atomic E-state index is 13.2. The van der Waals surface area contributed by atoms with Gasteiger partial charge in [0, 0.05) is 11.9 Å². The SMILES string of the molecule is CCCCOc1c(C(=O)O)n(CC(C)(C)C)c(=O)c2cc(OC)c(OC)cc12. The van der Waals surface area contributed by atoms with E-state index < -0.39 is 11.5 Å². The summed E-state index contributed by atoms with van der Waals surface area (Å²) in [6, 6.07) is 3.18. The molecule has 154 valence electrons. The van der Waals surface area contributed by atoms with Crippen LogP contribution in [0.4, 0.5) is 0 Å². The number of benzene rings is 1. The molecule has 2 aromatic rings. The average molecular weight is 391 g/mol. The number of methoxy groups -OCH3 is 2. The fourth-order valence-electron chi connectivity index (χ4n) is 3.04. The Morgan fingerprint density at radius 1 is 1.11 bits per heavy atom. The summed E-state index contributed by atoms with van der Waals surface area (Å²) in [5, 5.41) is 10.7. The number of rotatable bonds is 8. The zero-order valence-corrected chi connectivity index (χ0v) is 17.4. The number of aromatic carboxylic acids is 1. The number of unbranched alkanes of at least 4 members (excludes halogenated alkanes) is 1. The summed E-state index contributed by atoms with van der Waals surface area (Å²) in [5.74, 6) is -0.220. The lowest BCUT2D eigenvalue weighted by Crippen LogP contribution is -2.32.